The van der Waals surface area contributed by atoms with E-state index in [0.29, 0.717) is 12.5 Å². The van der Waals surface area contributed by atoms with E-state index in [1.807, 2.05) is 24.3 Å². The van der Waals surface area contributed by atoms with Crippen molar-refractivity contribution in [1.29, 1.82) is 0 Å². The van der Waals surface area contributed by atoms with Gasteiger partial charge in [-0.15, -0.1) is 0 Å². The second-order valence-corrected chi connectivity index (χ2v) is 6.65. The number of rotatable bonds is 9. The Morgan fingerprint density at radius 2 is 1.46 bits per heavy atom. The molecule has 0 saturated carbocycles. The molecule has 2 rings (SSSR count). The highest BCUT2D eigenvalue weighted by Gasteiger charge is 1.99. The Labute approximate surface area is 146 Å². The summed E-state index contributed by atoms with van der Waals surface area (Å²) in [6, 6.07) is 14.4. The van der Waals surface area contributed by atoms with Crippen molar-refractivity contribution < 1.29 is 9.47 Å². The first-order valence-corrected chi connectivity index (χ1v) is 8.71. The van der Waals surface area contributed by atoms with Crippen LogP contribution in [0.5, 0.6) is 11.5 Å². The summed E-state index contributed by atoms with van der Waals surface area (Å²) in [5.74, 6) is 2.53. The number of aryl methyl sites for hydroxylation is 2. The van der Waals surface area contributed by atoms with Crippen molar-refractivity contribution >= 4 is 5.69 Å². The van der Waals surface area contributed by atoms with Gasteiger partial charge in [0.25, 0.3) is 0 Å². The van der Waals surface area contributed by atoms with E-state index in [9.17, 15) is 0 Å². The van der Waals surface area contributed by atoms with Gasteiger partial charge >= 0.3 is 0 Å². The lowest BCUT2D eigenvalue weighted by Crippen LogP contribution is -2.11. The van der Waals surface area contributed by atoms with Crippen LogP contribution in [-0.2, 0) is 0 Å². The molecule has 0 saturated heterocycles. The van der Waals surface area contributed by atoms with Gasteiger partial charge in [0, 0.05) is 12.2 Å². The monoisotopic (exact) mass is 327 g/mol. The van der Waals surface area contributed by atoms with Crippen LogP contribution in [0, 0.1) is 19.8 Å². The minimum Gasteiger partial charge on any atom is -0.494 e. The second kappa shape index (κ2) is 9.21. The zero-order valence-electron chi connectivity index (χ0n) is 15.3. The summed E-state index contributed by atoms with van der Waals surface area (Å²) in [6.45, 7) is 10.8. The van der Waals surface area contributed by atoms with Crippen LogP contribution in [0.15, 0.2) is 42.5 Å². The molecule has 0 aromatic heterocycles. The Hall–Kier alpha value is -2.16. The van der Waals surface area contributed by atoms with Crippen LogP contribution in [-0.4, -0.2) is 19.8 Å². The zero-order chi connectivity index (χ0) is 17.4. The molecule has 0 aliphatic heterocycles. The molecular weight excluding hydrogens is 298 g/mol. The Bertz CT molecular complexity index is 600. The molecule has 2 aromatic rings. The molecule has 3 nitrogen and oxygen atoms in total. The molecule has 3 heteroatoms. The van der Waals surface area contributed by atoms with Gasteiger partial charge in [-0.2, -0.15) is 0 Å². The van der Waals surface area contributed by atoms with E-state index in [0.717, 1.165) is 36.8 Å². The van der Waals surface area contributed by atoms with E-state index < -0.39 is 0 Å². The summed E-state index contributed by atoms with van der Waals surface area (Å²) in [6.07, 6.45) is 1.08. The van der Waals surface area contributed by atoms with Crippen molar-refractivity contribution in [3.05, 3.63) is 53.6 Å². The highest BCUT2D eigenvalue weighted by atomic mass is 16.5. The van der Waals surface area contributed by atoms with Gasteiger partial charge in [-0.1, -0.05) is 19.9 Å². The van der Waals surface area contributed by atoms with Crippen molar-refractivity contribution in [2.24, 2.45) is 5.92 Å². The summed E-state index contributed by atoms with van der Waals surface area (Å²) in [5.41, 5.74) is 3.53. The van der Waals surface area contributed by atoms with E-state index in [-0.39, 0.29) is 0 Å². The average Bonchev–Trinajstić information content (AvgIpc) is 2.52. The van der Waals surface area contributed by atoms with Crippen LogP contribution in [0.1, 0.15) is 31.4 Å². The number of benzene rings is 2. The quantitative estimate of drug-likeness (QED) is 0.641. The van der Waals surface area contributed by atoms with E-state index in [4.69, 9.17) is 9.47 Å². The van der Waals surface area contributed by atoms with Crippen molar-refractivity contribution in [3.63, 3.8) is 0 Å². The van der Waals surface area contributed by atoms with E-state index in [1.165, 1.54) is 11.1 Å². The number of hydrogen-bond acceptors (Lipinski definition) is 3. The first kappa shape index (κ1) is 18.2. The van der Waals surface area contributed by atoms with E-state index in [1.54, 1.807) is 0 Å². The highest BCUT2D eigenvalue weighted by Crippen LogP contribution is 2.17. The third-order valence-electron chi connectivity index (χ3n) is 3.71. The fourth-order valence-corrected chi connectivity index (χ4v) is 2.46. The lowest BCUT2D eigenvalue weighted by atomic mass is 10.1. The molecule has 0 aliphatic rings. The van der Waals surface area contributed by atoms with Crippen molar-refractivity contribution in [1.82, 2.24) is 0 Å². The van der Waals surface area contributed by atoms with Crippen molar-refractivity contribution in [2.75, 3.05) is 25.1 Å². The van der Waals surface area contributed by atoms with Gasteiger partial charge in [0.15, 0.2) is 0 Å². The number of ether oxygens (including phenoxy) is 2. The minimum absolute atomic E-state index is 0.634. The fraction of sp³-hybridized carbons (Fsp3) is 0.429. The van der Waals surface area contributed by atoms with Gasteiger partial charge in [-0.05, 0) is 73.7 Å². The zero-order valence-corrected chi connectivity index (χ0v) is 15.3. The molecule has 1 N–H and O–H groups in total. The van der Waals surface area contributed by atoms with Crippen LogP contribution in [0.2, 0.25) is 0 Å². The summed E-state index contributed by atoms with van der Waals surface area (Å²) in [4.78, 5) is 0. The third-order valence-corrected chi connectivity index (χ3v) is 3.71. The molecule has 0 spiro atoms. The SMILES string of the molecule is Cc1cc(C)cc(OCCNc2ccc(OCCC(C)C)cc2)c1. The van der Waals surface area contributed by atoms with Gasteiger partial charge in [0.05, 0.1) is 6.61 Å². The molecule has 0 heterocycles. The fourth-order valence-electron chi connectivity index (χ4n) is 2.46. The van der Waals surface area contributed by atoms with Gasteiger partial charge in [-0.25, -0.2) is 0 Å². The molecule has 2 aromatic carbocycles. The second-order valence-electron chi connectivity index (χ2n) is 6.65. The molecule has 0 unspecified atom stereocenters. The van der Waals surface area contributed by atoms with Crippen LogP contribution >= 0.6 is 0 Å². The van der Waals surface area contributed by atoms with Crippen molar-refractivity contribution in [3.8, 4) is 11.5 Å². The Balaban J connectivity index is 1.70. The van der Waals surface area contributed by atoms with Crippen LogP contribution in [0.3, 0.4) is 0 Å². The minimum atomic E-state index is 0.634. The molecule has 0 fully saturated rings. The number of nitrogens with one attached hydrogen (secondary N) is 1. The smallest absolute Gasteiger partial charge is 0.119 e. The molecule has 0 radical (unpaired) electrons. The lowest BCUT2D eigenvalue weighted by molar-refractivity contribution is 0.289. The lowest BCUT2D eigenvalue weighted by Gasteiger charge is -2.11. The molecule has 0 aliphatic carbocycles. The maximum Gasteiger partial charge on any atom is 0.119 e. The van der Waals surface area contributed by atoms with Crippen LogP contribution in [0.25, 0.3) is 0 Å². The predicted octanol–water partition coefficient (Wildman–Crippen LogP) is 5.22. The van der Waals surface area contributed by atoms with Crippen LogP contribution in [0.4, 0.5) is 5.69 Å². The first-order valence-electron chi connectivity index (χ1n) is 8.71. The molecule has 0 amide bonds. The van der Waals surface area contributed by atoms with Crippen LogP contribution < -0.4 is 14.8 Å². The van der Waals surface area contributed by atoms with E-state index in [2.05, 4.69) is 51.2 Å². The Morgan fingerprint density at radius 3 is 2.08 bits per heavy atom. The van der Waals surface area contributed by atoms with Gasteiger partial charge in [0.2, 0.25) is 0 Å². The van der Waals surface area contributed by atoms with Gasteiger partial charge in [-0.3, -0.25) is 0 Å². The van der Waals surface area contributed by atoms with Gasteiger partial charge < -0.3 is 14.8 Å². The predicted molar refractivity (Wildman–Crippen MR) is 101 cm³/mol. The molecule has 130 valence electrons. The van der Waals surface area contributed by atoms with E-state index >= 15 is 0 Å². The largest absolute Gasteiger partial charge is 0.494 e. The number of hydrogen-bond donors (Lipinski definition) is 1. The van der Waals surface area contributed by atoms with Crippen molar-refractivity contribution in [2.45, 2.75) is 34.1 Å². The maximum absolute atomic E-state index is 5.80. The number of anilines is 1. The molecular formula is C21H29NO2. The summed E-state index contributed by atoms with van der Waals surface area (Å²) in [5, 5.41) is 3.37. The topological polar surface area (TPSA) is 30.5 Å². The maximum atomic E-state index is 5.80. The highest BCUT2D eigenvalue weighted by molar-refractivity contribution is 5.46. The molecule has 24 heavy (non-hydrogen) atoms. The Kier molecular flexibility index (Phi) is 6.98. The molecule has 0 bridgehead atoms. The standard InChI is InChI=1S/C21H29NO2/c1-16(2)9-11-23-20-7-5-19(6-8-20)22-10-12-24-21-14-17(3)13-18(4)15-21/h5-8,13-16,22H,9-12H2,1-4H3. The first-order chi connectivity index (χ1) is 11.5. The third kappa shape index (κ3) is 6.53. The summed E-state index contributed by atoms with van der Waals surface area (Å²) in [7, 11) is 0. The normalized spacial score (nSPS) is 10.7. The summed E-state index contributed by atoms with van der Waals surface area (Å²) >= 11 is 0. The average molecular weight is 327 g/mol. The molecule has 0 atom stereocenters. The van der Waals surface area contributed by atoms with Gasteiger partial charge in [0.1, 0.15) is 18.1 Å². The summed E-state index contributed by atoms with van der Waals surface area (Å²) < 4.78 is 11.5. The Morgan fingerprint density at radius 1 is 0.833 bits per heavy atom.